The molecule has 0 saturated heterocycles. The third-order valence-corrected chi connectivity index (χ3v) is 3.28. The Morgan fingerprint density at radius 2 is 2.00 bits per heavy atom. The minimum absolute atomic E-state index is 0.0211. The van der Waals surface area contributed by atoms with Crippen LogP contribution in [-0.4, -0.2) is 17.8 Å². The van der Waals surface area contributed by atoms with E-state index in [2.05, 4.69) is 4.98 Å². The van der Waals surface area contributed by atoms with Crippen LogP contribution in [0.1, 0.15) is 22.8 Å². The Bertz CT molecular complexity index is 581. The number of carbonyl (C=O) groups excluding carboxylic acids is 1. The maximum Gasteiger partial charge on any atom is 0.161 e. The summed E-state index contributed by atoms with van der Waals surface area (Å²) in [5.41, 5.74) is 1.67. The van der Waals surface area contributed by atoms with Crippen molar-refractivity contribution in [2.75, 3.05) is 11.9 Å². The van der Waals surface area contributed by atoms with E-state index in [1.807, 2.05) is 42.3 Å². The topological polar surface area (TPSA) is 33.2 Å². The summed E-state index contributed by atoms with van der Waals surface area (Å²) in [5, 5.41) is 0.745. The van der Waals surface area contributed by atoms with Gasteiger partial charge in [-0.15, -0.1) is 0 Å². The maximum absolute atomic E-state index is 11.2. The second-order valence-electron chi connectivity index (χ2n) is 4.41. The minimum atomic E-state index is 0.0211. The fourth-order valence-electron chi connectivity index (χ4n) is 1.78. The third kappa shape index (κ3) is 3.32. The van der Waals surface area contributed by atoms with Crippen molar-refractivity contribution < 1.29 is 4.79 Å². The van der Waals surface area contributed by atoms with Crippen LogP contribution in [0.25, 0.3) is 0 Å². The summed E-state index contributed by atoms with van der Waals surface area (Å²) >= 11 is 6.13. The number of halogens is 1. The molecule has 3 nitrogen and oxygen atoms in total. The zero-order valence-corrected chi connectivity index (χ0v) is 11.7. The highest BCUT2D eigenvalue weighted by Crippen LogP contribution is 2.19. The van der Waals surface area contributed by atoms with E-state index in [0.29, 0.717) is 12.1 Å². The molecule has 0 amide bonds. The first-order chi connectivity index (χ1) is 9.08. The third-order valence-electron chi connectivity index (χ3n) is 2.91. The van der Waals surface area contributed by atoms with Crippen molar-refractivity contribution in [2.24, 2.45) is 0 Å². The Kier molecular flexibility index (Phi) is 4.17. The molecule has 0 aliphatic carbocycles. The average molecular weight is 275 g/mol. The number of ketones is 1. The molecule has 0 atom stereocenters. The maximum atomic E-state index is 11.2. The molecule has 1 aromatic heterocycles. The van der Waals surface area contributed by atoms with Gasteiger partial charge in [-0.25, -0.2) is 4.98 Å². The Labute approximate surface area is 117 Å². The SMILES string of the molecule is CC(=O)c1ccc(N(C)Cc2ccccc2Cl)nc1. The number of anilines is 1. The van der Waals surface area contributed by atoms with Gasteiger partial charge in [-0.05, 0) is 30.7 Å². The van der Waals surface area contributed by atoms with Crippen LogP contribution in [0.4, 0.5) is 5.82 Å². The molecule has 2 aromatic rings. The van der Waals surface area contributed by atoms with E-state index in [1.165, 1.54) is 6.92 Å². The minimum Gasteiger partial charge on any atom is -0.355 e. The number of carbonyl (C=O) groups is 1. The van der Waals surface area contributed by atoms with E-state index < -0.39 is 0 Å². The van der Waals surface area contributed by atoms with Crippen LogP contribution in [-0.2, 0) is 6.54 Å². The molecule has 1 heterocycles. The number of rotatable bonds is 4. The normalized spacial score (nSPS) is 10.3. The molecule has 0 saturated carbocycles. The van der Waals surface area contributed by atoms with Gasteiger partial charge < -0.3 is 4.90 Å². The van der Waals surface area contributed by atoms with Crippen molar-refractivity contribution in [2.45, 2.75) is 13.5 Å². The molecule has 0 spiro atoms. The first-order valence-electron chi connectivity index (χ1n) is 5.99. The molecule has 0 N–H and O–H groups in total. The molecule has 0 aliphatic rings. The van der Waals surface area contributed by atoms with Gasteiger partial charge in [0.25, 0.3) is 0 Å². The van der Waals surface area contributed by atoms with Crippen molar-refractivity contribution in [1.29, 1.82) is 0 Å². The molecule has 0 fully saturated rings. The van der Waals surface area contributed by atoms with Crippen LogP contribution >= 0.6 is 11.6 Å². The van der Waals surface area contributed by atoms with Crippen molar-refractivity contribution in [3.8, 4) is 0 Å². The molecule has 4 heteroatoms. The summed E-state index contributed by atoms with van der Waals surface area (Å²) in [7, 11) is 1.94. The Hall–Kier alpha value is -1.87. The van der Waals surface area contributed by atoms with Gasteiger partial charge in [0, 0.05) is 30.4 Å². The van der Waals surface area contributed by atoms with Gasteiger partial charge in [0.05, 0.1) is 0 Å². The van der Waals surface area contributed by atoms with Crippen LogP contribution < -0.4 is 4.90 Å². The number of pyridine rings is 1. The van der Waals surface area contributed by atoms with Crippen molar-refractivity contribution in [3.63, 3.8) is 0 Å². The standard InChI is InChI=1S/C15H15ClN2O/c1-11(19)12-7-8-15(17-9-12)18(2)10-13-5-3-4-6-14(13)16/h3-9H,10H2,1-2H3. The van der Waals surface area contributed by atoms with E-state index in [0.717, 1.165) is 16.4 Å². The monoisotopic (exact) mass is 274 g/mol. The van der Waals surface area contributed by atoms with Crippen LogP contribution in [0.15, 0.2) is 42.6 Å². The molecule has 0 radical (unpaired) electrons. The highest BCUT2D eigenvalue weighted by molar-refractivity contribution is 6.31. The molecular weight excluding hydrogens is 260 g/mol. The lowest BCUT2D eigenvalue weighted by atomic mass is 10.2. The van der Waals surface area contributed by atoms with Gasteiger partial charge in [0.1, 0.15) is 5.82 Å². The molecular formula is C15H15ClN2O. The predicted octanol–water partition coefficient (Wildman–Crippen LogP) is 3.57. The highest BCUT2D eigenvalue weighted by atomic mass is 35.5. The van der Waals surface area contributed by atoms with E-state index in [-0.39, 0.29) is 5.78 Å². The first kappa shape index (κ1) is 13.6. The number of hydrogen-bond donors (Lipinski definition) is 0. The van der Waals surface area contributed by atoms with Crippen molar-refractivity contribution in [1.82, 2.24) is 4.98 Å². The first-order valence-corrected chi connectivity index (χ1v) is 6.37. The smallest absolute Gasteiger partial charge is 0.161 e. The second-order valence-corrected chi connectivity index (χ2v) is 4.82. The summed E-state index contributed by atoms with van der Waals surface area (Å²) in [6, 6.07) is 11.4. The number of nitrogens with zero attached hydrogens (tertiary/aromatic N) is 2. The van der Waals surface area contributed by atoms with Gasteiger partial charge >= 0.3 is 0 Å². The Morgan fingerprint density at radius 3 is 2.58 bits per heavy atom. The highest BCUT2D eigenvalue weighted by Gasteiger charge is 2.07. The quantitative estimate of drug-likeness (QED) is 0.799. The molecule has 98 valence electrons. The zero-order chi connectivity index (χ0) is 13.8. The van der Waals surface area contributed by atoms with Gasteiger partial charge in [0.15, 0.2) is 5.78 Å². The van der Waals surface area contributed by atoms with Gasteiger partial charge in [-0.2, -0.15) is 0 Å². The van der Waals surface area contributed by atoms with Gasteiger partial charge in [-0.1, -0.05) is 29.8 Å². The number of hydrogen-bond acceptors (Lipinski definition) is 3. The van der Waals surface area contributed by atoms with Crippen LogP contribution in [0.5, 0.6) is 0 Å². The van der Waals surface area contributed by atoms with E-state index >= 15 is 0 Å². The van der Waals surface area contributed by atoms with Gasteiger partial charge in [0.2, 0.25) is 0 Å². The van der Waals surface area contributed by atoms with E-state index in [9.17, 15) is 4.79 Å². The lowest BCUT2D eigenvalue weighted by Crippen LogP contribution is -2.18. The number of aromatic nitrogens is 1. The average Bonchev–Trinajstić information content (AvgIpc) is 2.41. The van der Waals surface area contributed by atoms with E-state index in [4.69, 9.17) is 11.6 Å². The Balaban J connectivity index is 2.14. The summed E-state index contributed by atoms with van der Waals surface area (Å²) in [4.78, 5) is 17.5. The lowest BCUT2D eigenvalue weighted by molar-refractivity contribution is 0.101. The fraction of sp³-hybridized carbons (Fsp3) is 0.200. The lowest BCUT2D eigenvalue weighted by Gasteiger charge is -2.19. The summed E-state index contributed by atoms with van der Waals surface area (Å²) in [6.07, 6.45) is 1.60. The molecule has 1 aromatic carbocycles. The fourth-order valence-corrected chi connectivity index (χ4v) is 1.98. The molecule has 0 aliphatic heterocycles. The van der Waals surface area contributed by atoms with Crippen LogP contribution in [0.2, 0.25) is 5.02 Å². The summed E-state index contributed by atoms with van der Waals surface area (Å²) in [5.74, 6) is 0.831. The van der Waals surface area contributed by atoms with Crippen LogP contribution in [0, 0.1) is 0 Å². The zero-order valence-electron chi connectivity index (χ0n) is 10.9. The van der Waals surface area contributed by atoms with Crippen molar-refractivity contribution in [3.05, 3.63) is 58.7 Å². The molecule has 0 unspecified atom stereocenters. The van der Waals surface area contributed by atoms with E-state index in [1.54, 1.807) is 12.3 Å². The van der Waals surface area contributed by atoms with Gasteiger partial charge in [-0.3, -0.25) is 4.79 Å². The molecule has 0 bridgehead atoms. The molecule has 19 heavy (non-hydrogen) atoms. The Morgan fingerprint density at radius 1 is 1.26 bits per heavy atom. The number of Topliss-reactive ketones (excluding diaryl/α,β-unsaturated/α-hetero) is 1. The largest absolute Gasteiger partial charge is 0.355 e. The second kappa shape index (κ2) is 5.85. The van der Waals surface area contributed by atoms with Crippen molar-refractivity contribution >= 4 is 23.2 Å². The summed E-state index contributed by atoms with van der Waals surface area (Å²) in [6.45, 7) is 2.20. The molecule has 2 rings (SSSR count). The predicted molar refractivity (Wildman–Crippen MR) is 77.8 cm³/mol. The summed E-state index contributed by atoms with van der Waals surface area (Å²) < 4.78 is 0. The van der Waals surface area contributed by atoms with Crippen LogP contribution in [0.3, 0.4) is 0 Å². The number of benzene rings is 1.